The highest BCUT2D eigenvalue weighted by Crippen LogP contribution is 2.04. The van der Waals surface area contributed by atoms with Gasteiger partial charge in [0.25, 0.3) is 0 Å². The van der Waals surface area contributed by atoms with Crippen molar-refractivity contribution in [1.82, 2.24) is 19.9 Å². The Morgan fingerprint density at radius 2 is 2.17 bits per heavy atom. The number of imidazole rings is 1. The third kappa shape index (κ3) is 3.11. The van der Waals surface area contributed by atoms with Gasteiger partial charge in [0.15, 0.2) is 0 Å². The van der Waals surface area contributed by atoms with Crippen molar-refractivity contribution < 1.29 is 4.79 Å². The predicted octanol–water partition coefficient (Wildman–Crippen LogP) is 0.0166. The smallest absolute Gasteiger partial charge is 0.241 e. The van der Waals surface area contributed by atoms with Gasteiger partial charge >= 0.3 is 0 Å². The van der Waals surface area contributed by atoms with Crippen LogP contribution in [0.25, 0.3) is 0 Å². The van der Waals surface area contributed by atoms with E-state index in [2.05, 4.69) is 25.3 Å². The number of carbonyl (C=O) groups is 1. The van der Waals surface area contributed by atoms with Crippen LogP contribution in [0.1, 0.15) is 11.5 Å². The summed E-state index contributed by atoms with van der Waals surface area (Å²) in [6.45, 7) is 1.77. The molecule has 0 radical (unpaired) electrons. The molecule has 0 saturated heterocycles. The van der Waals surface area contributed by atoms with Crippen molar-refractivity contribution in [1.29, 1.82) is 0 Å². The molecule has 0 unspecified atom stereocenters. The van der Waals surface area contributed by atoms with Crippen molar-refractivity contribution in [2.45, 2.75) is 19.4 Å². The van der Waals surface area contributed by atoms with Gasteiger partial charge in [-0.2, -0.15) is 0 Å². The van der Waals surface area contributed by atoms with E-state index in [9.17, 15) is 4.79 Å². The van der Waals surface area contributed by atoms with E-state index in [0.717, 1.165) is 5.69 Å². The second-order valence-corrected chi connectivity index (χ2v) is 3.90. The van der Waals surface area contributed by atoms with Crippen LogP contribution >= 0.6 is 0 Å². The van der Waals surface area contributed by atoms with Crippen LogP contribution in [0.5, 0.6) is 0 Å². The molecule has 0 bridgehead atoms. The molecule has 18 heavy (non-hydrogen) atoms. The zero-order valence-electron chi connectivity index (χ0n) is 9.92. The van der Waals surface area contributed by atoms with Crippen LogP contribution in [-0.2, 0) is 11.2 Å². The van der Waals surface area contributed by atoms with Crippen LogP contribution in [0.15, 0.2) is 24.9 Å². The number of amides is 1. The van der Waals surface area contributed by atoms with Crippen molar-refractivity contribution >= 4 is 11.6 Å². The van der Waals surface area contributed by atoms with Gasteiger partial charge in [-0.15, -0.1) is 0 Å². The van der Waals surface area contributed by atoms with E-state index in [1.807, 2.05) is 0 Å². The van der Waals surface area contributed by atoms with Crippen LogP contribution in [0, 0.1) is 6.92 Å². The Kier molecular flexibility index (Phi) is 3.63. The quantitative estimate of drug-likeness (QED) is 0.704. The van der Waals surface area contributed by atoms with Crippen molar-refractivity contribution in [3.05, 3.63) is 36.4 Å². The first-order valence-corrected chi connectivity index (χ1v) is 5.47. The first-order valence-electron chi connectivity index (χ1n) is 5.47. The number of carbonyl (C=O) groups excluding carboxylic acids is 1. The summed E-state index contributed by atoms with van der Waals surface area (Å²) in [4.78, 5) is 26.5. The molecule has 2 heterocycles. The minimum atomic E-state index is -0.647. The van der Waals surface area contributed by atoms with Gasteiger partial charge in [0.1, 0.15) is 5.82 Å². The van der Waals surface area contributed by atoms with Crippen molar-refractivity contribution in [3.8, 4) is 0 Å². The zero-order valence-corrected chi connectivity index (χ0v) is 9.92. The Balaban J connectivity index is 1.93. The molecular weight excluding hydrogens is 232 g/mol. The van der Waals surface area contributed by atoms with Gasteiger partial charge in [0.2, 0.25) is 5.91 Å². The average Bonchev–Trinajstić information content (AvgIpc) is 2.85. The molecule has 7 heteroatoms. The third-order valence-electron chi connectivity index (χ3n) is 2.38. The van der Waals surface area contributed by atoms with Crippen LogP contribution in [-0.4, -0.2) is 31.9 Å². The molecule has 2 rings (SSSR count). The molecule has 0 fully saturated rings. The molecule has 0 aliphatic rings. The van der Waals surface area contributed by atoms with Crippen LogP contribution < -0.4 is 11.1 Å². The Hall–Kier alpha value is -2.28. The number of hydrogen-bond donors (Lipinski definition) is 3. The van der Waals surface area contributed by atoms with Crippen LogP contribution in [0.4, 0.5) is 5.69 Å². The van der Waals surface area contributed by atoms with E-state index in [1.54, 1.807) is 31.8 Å². The molecule has 2 aromatic heterocycles. The zero-order chi connectivity index (χ0) is 13.0. The van der Waals surface area contributed by atoms with Crippen molar-refractivity contribution in [2.75, 3.05) is 5.32 Å². The molecule has 4 N–H and O–H groups in total. The Bertz CT molecular complexity index is 507. The maximum Gasteiger partial charge on any atom is 0.241 e. The number of H-pyrrole nitrogens is 1. The number of aryl methyl sites for hydroxylation is 1. The lowest BCUT2D eigenvalue weighted by molar-refractivity contribution is -0.117. The lowest BCUT2D eigenvalue weighted by atomic mass is 10.1. The average molecular weight is 246 g/mol. The number of nitrogens with zero attached hydrogens (tertiary/aromatic N) is 3. The number of nitrogens with two attached hydrogens (primary N) is 1. The Labute approximate surface area is 104 Å². The van der Waals surface area contributed by atoms with E-state index in [-0.39, 0.29) is 5.91 Å². The lowest BCUT2D eigenvalue weighted by Crippen LogP contribution is -2.37. The van der Waals surface area contributed by atoms with Crippen LogP contribution in [0.3, 0.4) is 0 Å². The summed E-state index contributed by atoms with van der Waals surface area (Å²) in [5, 5.41) is 2.66. The minimum Gasteiger partial charge on any atom is -0.348 e. The number of aromatic amines is 1. The molecule has 0 spiro atoms. The fourth-order valence-corrected chi connectivity index (χ4v) is 1.42. The monoisotopic (exact) mass is 246 g/mol. The number of anilines is 1. The fourth-order valence-electron chi connectivity index (χ4n) is 1.42. The van der Waals surface area contributed by atoms with Gasteiger partial charge in [-0.3, -0.25) is 4.79 Å². The Morgan fingerprint density at radius 3 is 2.78 bits per heavy atom. The summed E-state index contributed by atoms with van der Waals surface area (Å²) in [5.41, 5.74) is 7.14. The molecule has 0 saturated carbocycles. The van der Waals surface area contributed by atoms with E-state index in [0.29, 0.717) is 17.9 Å². The molecule has 0 aromatic carbocycles. The minimum absolute atomic E-state index is 0.281. The third-order valence-corrected chi connectivity index (χ3v) is 2.38. The van der Waals surface area contributed by atoms with Gasteiger partial charge < -0.3 is 16.0 Å². The normalized spacial score (nSPS) is 12.1. The number of rotatable bonds is 4. The number of nitrogens with one attached hydrogen (secondary N) is 2. The molecule has 94 valence electrons. The number of aromatic nitrogens is 4. The summed E-state index contributed by atoms with van der Waals surface area (Å²) in [6, 6.07) is -0.647. The highest BCUT2D eigenvalue weighted by atomic mass is 16.2. The van der Waals surface area contributed by atoms with Gasteiger partial charge in [0.05, 0.1) is 30.5 Å². The SMILES string of the molecule is Cc1ncc(NC(=O)[C@@H](N)Cc2cnc[nH]2)cn1. The van der Waals surface area contributed by atoms with Gasteiger partial charge in [-0.25, -0.2) is 15.0 Å². The van der Waals surface area contributed by atoms with Crippen molar-refractivity contribution in [2.24, 2.45) is 5.73 Å². The second-order valence-electron chi connectivity index (χ2n) is 3.90. The topological polar surface area (TPSA) is 110 Å². The first-order chi connectivity index (χ1) is 8.65. The van der Waals surface area contributed by atoms with Gasteiger partial charge in [-0.1, -0.05) is 0 Å². The van der Waals surface area contributed by atoms with E-state index < -0.39 is 6.04 Å². The predicted molar refractivity (Wildman–Crippen MR) is 65.7 cm³/mol. The molecular formula is C11H14N6O. The largest absolute Gasteiger partial charge is 0.348 e. The molecule has 2 aromatic rings. The van der Waals surface area contributed by atoms with E-state index >= 15 is 0 Å². The maximum atomic E-state index is 11.8. The summed E-state index contributed by atoms with van der Waals surface area (Å²) in [6.07, 6.45) is 6.68. The summed E-state index contributed by atoms with van der Waals surface area (Å²) < 4.78 is 0. The standard InChI is InChI=1S/C11H14N6O/c1-7-14-4-9(5-15-7)17-11(18)10(12)2-8-3-13-6-16-8/h3-6,10H,2,12H2,1H3,(H,13,16)(H,17,18)/t10-/m0/s1. The molecule has 1 amide bonds. The lowest BCUT2D eigenvalue weighted by Gasteiger charge is -2.10. The summed E-state index contributed by atoms with van der Waals surface area (Å²) in [7, 11) is 0. The van der Waals surface area contributed by atoms with Gasteiger partial charge in [0, 0.05) is 18.3 Å². The molecule has 7 nitrogen and oxygen atoms in total. The molecule has 0 aliphatic heterocycles. The first kappa shape index (κ1) is 12.2. The highest BCUT2D eigenvalue weighted by molar-refractivity contribution is 5.94. The highest BCUT2D eigenvalue weighted by Gasteiger charge is 2.15. The second kappa shape index (κ2) is 5.37. The maximum absolute atomic E-state index is 11.8. The van der Waals surface area contributed by atoms with E-state index in [4.69, 9.17) is 5.73 Å². The van der Waals surface area contributed by atoms with Crippen molar-refractivity contribution in [3.63, 3.8) is 0 Å². The van der Waals surface area contributed by atoms with Crippen LogP contribution in [0.2, 0.25) is 0 Å². The van der Waals surface area contributed by atoms with E-state index in [1.165, 1.54) is 0 Å². The summed E-state index contributed by atoms with van der Waals surface area (Å²) in [5.74, 6) is 0.367. The van der Waals surface area contributed by atoms with Gasteiger partial charge in [-0.05, 0) is 6.92 Å². The number of hydrogen-bond acceptors (Lipinski definition) is 5. The fraction of sp³-hybridized carbons (Fsp3) is 0.273. The molecule has 0 aliphatic carbocycles. The Morgan fingerprint density at radius 1 is 1.44 bits per heavy atom. The molecule has 1 atom stereocenters. The summed E-state index contributed by atoms with van der Waals surface area (Å²) >= 11 is 0.